The van der Waals surface area contributed by atoms with E-state index in [-0.39, 0.29) is 0 Å². The molecule has 1 nitrogen and oxygen atoms in total. The SMILES string of the molecule is c1ccc(NC2SCCS2)cc1. The van der Waals surface area contributed by atoms with Crippen LogP contribution in [-0.4, -0.2) is 16.2 Å². The Kier molecular flexibility index (Phi) is 2.84. The van der Waals surface area contributed by atoms with E-state index < -0.39 is 0 Å². The molecule has 1 saturated heterocycles. The highest BCUT2D eigenvalue weighted by molar-refractivity contribution is 8.20. The molecule has 2 rings (SSSR count). The van der Waals surface area contributed by atoms with Crippen molar-refractivity contribution in [3.63, 3.8) is 0 Å². The summed E-state index contributed by atoms with van der Waals surface area (Å²) >= 11 is 3.98. The van der Waals surface area contributed by atoms with E-state index in [2.05, 4.69) is 29.6 Å². The second-order valence-corrected chi connectivity index (χ2v) is 5.31. The zero-order chi connectivity index (χ0) is 8.23. The molecular weight excluding hydrogens is 186 g/mol. The lowest BCUT2D eigenvalue weighted by molar-refractivity contribution is 1.40. The van der Waals surface area contributed by atoms with Crippen molar-refractivity contribution in [2.24, 2.45) is 0 Å². The molecular formula is C9H11NS2. The molecule has 0 aliphatic carbocycles. The van der Waals surface area contributed by atoms with Gasteiger partial charge < -0.3 is 5.32 Å². The van der Waals surface area contributed by atoms with Gasteiger partial charge >= 0.3 is 0 Å². The van der Waals surface area contributed by atoms with Crippen LogP contribution in [0.1, 0.15) is 0 Å². The maximum atomic E-state index is 3.47. The monoisotopic (exact) mass is 197 g/mol. The predicted octanol–water partition coefficient (Wildman–Crippen LogP) is 2.86. The molecule has 0 saturated carbocycles. The first-order valence-corrected chi connectivity index (χ1v) is 6.10. The molecule has 0 spiro atoms. The van der Waals surface area contributed by atoms with Crippen LogP contribution in [0, 0.1) is 0 Å². The Bertz CT molecular complexity index is 232. The van der Waals surface area contributed by atoms with Gasteiger partial charge in [-0.25, -0.2) is 0 Å². The van der Waals surface area contributed by atoms with Crippen LogP contribution >= 0.6 is 23.5 Å². The van der Waals surface area contributed by atoms with E-state index in [1.54, 1.807) is 0 Å². The highest BCUT2D eigenvalue weighted by Gasteiger charge is 2.14. The number of para-hydroxylation sites is 1. The summed E-state index contributed by atoms with van der Waals surface area (Å²) < 4.78 is 0.562. The number of nitrogens with one attached hydrogen (secondary N) is 1. The Morgan fingerprint density at radius 1 is 1.08 bits per heavy atom. The largest absolute Gasteiger partial charge is 0.365 e. The third-order valence-electron chi connectivity index (χ3n) is 1.68. The maximum absolute atomic E-state index is 3.47. The van der Waals surface area contributed by atoms with Gasteiger partial charge in [0.15, 0.2) is 0 Å². The molecule has 0 radical (unpaired) electrons. The number of benzene rings is 1. The lowest BCUT2D eigenvalue weighted by Gasteiger charge is -2.11. The number of rotatable bonds is 2. The molecule has 64 valence electrons. The number of hydrogen-bond acceptors (Lipinski definition) is 3. The fraction of sp³-hybridized carbons (Fsp3) is 0.333. The summed E-state index contributed by atoms with van der Waals surface area (Å²) in [6.45, 7) is 0. The normalized spacial score (nSPS) is 18.0. The number of thioether (sulfide) groups is 2. The van der Waals surface area contributed by atoms with E-state index in [0.717, 1.165) is 0 Å². The topological polar surface area (TPSA) is 12.0 Å². The van der Waals surface area contributed by atoms with Crippen molar-refractivity contribution < 1.29 is 0 Å². The minimum atomic E-state index is 0.562. The van der Waals surface area contributed by atoms with Crippen molar-refractivity contribution in [2.75, 3.05) is 16.8 Å². The van der Waals surface area contributed by atoms with Gasteiger partial charge in [-0.05, 0) is 12.1 Å². The van der Waals surface area contributed by atoms with Crippen LogP contribution in [0.4, 0.5) is 5.69 Å². The van der Waals surface area contributed by atoms with Gasteiger partial charge in [-0.2, -0.15) is 0 Å². The molecule has 1 aromatic carbocycles. The Hall–Kier alpha value is -0.280. The highest BCUT2D eigenvalue weighted by Crippen LogP contribution is 2.32. The number of anilines is 1. The van der Waals surface area contributed by atoms with Gasteiger partial charge in [0, 0.05) is 17.2 Å². The molecule has 0 aromatic heterocycles. The third-order valence-corrected chi connectivity index (χ3v) is 4.48. The van der Waals surface area contributed by atoms with Crippen molar-refractivity contribution in [3.05, 3.63) is 30.3 Å². The van der Waals surface area contributed by atoms with Crippen molar-refractivity contribution in [1.82, 2.24) is 0 Å². The van der Waals surface area contributed by atoms with Crippen LogP contribution in [0.25, 0.3) is 0 Å². The first kappa shape index (κ1) is 8.32. The second kappa shape index (κ2) is 4.10. The lowest BCUT2D eigenvalue weighted by atomic mass is 10.3. The van der Waals surface area contributed by atoms with Gasteiger partial charge in [0.05, 0.1) is 0 Å². The Morgan fingerprint density at radius 2 is 1.75 bits per heavy atom. The maximum Gasteiger partial charge on any atom is 0.119 e. The Balaban J connectivity index is 1.94. The van der Waals surface area contributed by atoms with Crippen molar-refractivity contribution >= 4 is 29.2 Å². The minimum Gasteiger partial charge on any atom is -0.365 e. The van der Waals surface area contributed by atoms with E-state index in [1.165, 1.54) is 17.2 Å². The molecule has 1 fully saturated rings. The molecule has 1 aromatic rings. The third kappa shape index (κ3) is 2.11. The molecule has 3 heteroatoms. The first-order chi connectivity index (χ1) is 5.95. The van der Waals surface area contributed by atoms with E-state index in [4.69, 9.17) is 0 Å². The van der Waals surface area contributed by atoms with Crippen LogP contribution in [-0.2, 0) is 0 Å². The molecule has 0 bridgehead atoms. The fourth-order valence-electron chi connectivity index (χ4n) is 1.11. The van der Waals surface area contributed by atoms with E-state index in [9.17, 15) is 0 Å². The summed E-state index contributed by atoms with van der Waals surface area (Å²) in [4.78, 5) is 0. The summed E-state index contributed by atoms with van der Waals surface area (Å²) in [5, 5.41) is 3.47. The molecule has 1 N–H and O–H groups in total. The zero-order valence-electron chi connectivity index (χ0n) is 6.69. The van der Waals surface area contributed by atoms with Crippen LogP contribution in [0.2, 0.25) is 0 Å². The molecule has 1 aliphatic rings. The molecule has 0 unspecified atom stereocenters. The molecule has 0 amide bonds. The molecule has 12 heavy (non-hydrogen) atoms. The summed E-state index contributed by atoms with van der Waals surface area (Å²) in [6, 6.07) is 10.4. The summed E-state index contributed by atoms with van der Waals surface area (Å²) in [5.74, 6) is 2.55. The van der Waals surface area contributed by atoms with Gasteiger partial charge in [0.25, 0.3) is 0 Å². The van der Waals surface area contributed by atoms with Crippen molar-refractivity contribution in [3.8, 4) is 0 Å². The highest BCUT2D eigenvalue weighted by atomic mass is 32.2. The Morgan fingerprint density at radius 3 is 2.42 bits per heavy atom. The van der Waals surface area contributed by atoms with Crippen molar-refractivity contribution in [1.29, 1.82) is 0 Å². The Labute approximate surface area is 81.3 Å². The van der Waals surface area contributed by atoms with Crippen LogP contribution in [0.5, 0.6) is 0 Å². The van der Waals surface area contributed by atoms with Crippen LogP contribution < -0.4 is 5.32 Å². The smallest absolute Gasteiger partial charge is 0.119 e. The molecule has 1 aliphatic heterocycles. The lowest BCUT2D eigenvalue weighted by Crippen LogP contribution is -2.06. The zero-order valence-corrected chi connectivity index (χ0v) is 8.33. The standard InChI is InChI=1S/C9H11NS2/c1-2-4-8(5-3-1)10-9-11-6-7-12-9/h1-5,9-10H,6-7H2. The second-order valence-electron chi connectivity index (χ2n) is 2.58. The van der Waals surface area contributed by atoms with Gasteiger partial charge in [0.1, 0.15) is 4.71 Å². The van der Waals surface area contributed by atoms with Gasteiger partial charge in [-0.3, -0.25) is 0 Å². The average molecular weight is 197 g/mol. The number of hydrogen-bond donors (Lipinski definition) is 1. The average Bonchev–Trinajstić information content (AvgIpc) is 2.59. The molecule has 0 atom stereocenters. The van der Waals surface area contributed by atoms with Gasteiger partial charge in [0.2, 0.25) is 0 Å². The van der Waals surface area contributed by atoms with Crippen LogP contribution in [0.3, 0.4) is 0 Å². The van der Waals surface area contributed by atoms with Gasteiger partial charge in [-0.15, -0.1) is 23.5 Å². The van der Waals surface area contributed by atoms with E-state index >= 15 is 0 Å². The minimum absolute atomic E-state index is 0.562. The summed E-state index contributed by atoms with van der Waals surface area (Å²) in [6.07, 6.45) is 0. The quantitative estimate of drug-likeness (QED) is 0.783. The van der Waals surface area contributed by atoms with Gasteiger partial charge in [-0.1, -0.05) is 18.2 Å². The predicted molar refractivity (Wildman–Crippen MR) is 58.8 cm³/mol. The van der Waals surface area contributed by atoms with E-state index in [0.29, 0.717) is 4.71 Å². The fourth-order valence-corrected chi connectivity index (χ4v) is 3.71. The summed E-state index contributed by atoms with van der Waals surface area (Å²) in [7, 11) is 0. The summed E-state index contributed by atoms with van der Waals surface area (Å²) in [5.41, 5.74) is 1.23. The van der Waals surface area contributed by atoms with E-state index in [1.807, 2.05) is 29.6 Å². The first-order valence-electron chi connectivity index (χ1n) is 4.00. The van der Waals surface area contributed by atoms with Crippen LogP contribution in [0.15, 0.2) is 30.3 Å². The van der Waals surface area contributed by atoms with Crippen molar-refractivity contribution in [2.45, 2.75) is 4.71 Å². The molecule has 1 heterocycles.